The van der Waals surface area contributed by atoms with E-state index in [1.54, 1.807) is 13.3 Å². The number of hydrogen-bond donors (Lipinski definition) is 1. The van der Waals surface area contributed by atoms with Gasteiger partial charge in [-0.1, -0.05) is 35.5 Å². The zero-order valence-electron chi connectivity index (χ0n) is 16.0. The monoisotopic (exact) mass is 371 g/mol. The number of piperidine rings is 1. The van der Waals surface area contributed by atoms with Crippen LogP contribution in [0.5, 0.6) is 0 Å². The zero-order valence-corrected chi connectivity index (χ0v) is 16.0. The molecule has 2 aromatic rings. The highest BCUT2D eigenvalue weighted by Crippen LogP contribution is 2.17. The van der Waals surface area contributed by atoms with Gasteiger partial charge in [0.15, 0.2) is 5.69 Å². The molecule has 1 amide bonds. The van der Waals surface area contributed by atoms with Gasteiger partial charge >= 0.3 is 0 Å². The third-order valence-electron chi connectivity index (χ3n) is 5.00. The number of nitrogens with one attached hydrogen (secondary N) is 1. The van der Waals surface area contributed by atoms with E-state index in [1.807, 2.05) is 27.8 Å². The molecule has 0 atom stereocenters. The number of carbonyl (C=O) groups excluding carboxylic acids is 1. The minimum Gasteiger partial charge on any atom is -0.383 e. The van der Waals surface area contributed by atoms with Crippen molar-refractivity contribution < 1.29 is 9.53 Å². The molecular formula is C20H29N5O2. The maximum atomic E-state index is 12.9. The Morgan fingerprint density at radius 2 is 2.04 bits per heavy atom. The number of benzene rings is 1. The van der Waals surface area contributed by atoms with Crippen molar-refractivity contribution in [2.24, 2.45) is 0 Å². The van der Waals surface area contributed by atoms with Crippen LogP contribution < -0.4 is 5.32 Å². The highest BCUT2D eigenvalue weighted by Gasteiger charge is 2.22. The van der Waals surface area contributed by atoms with E-state index < -0.39 is 0 Å². The van der Waals surface area contributed by atoms with Crippen molar-refractivity contribution in [3.8, 4) is 0 Å². The molecule has 7 heteroatoms. The first kappa shape index (κ1) is 19.5. The van der Waals surface area contributed by atoms with Crippen LogP contribution >= 0.6 is 0 Å². The Kier molecular flexibility index (Phi) is 7.36. The number of aromatic nitrogens is 3. The van der Waals surface area contributed by atoms with Crippen molar-refractivity contribution in [1.82, 2.24) is 25.2 Å². The molecule has 0 saturated carbocycles. The summed E-state index contributed by atoms with van der Waals surface area (Å²) < 4.78 is 7.03. The average Bonchev–Trinajstić information content (AvgIpc) is 3.22. The molecule has 1 aromatic carbocycles. The molecule has 1 aliphatic rings. The number of nitrogens with zero attached hydrogens (tertiary/aromatic N) is 4. The molecule has 2 heterocycles. The van der Waals surface area contributed by atoms with E-state index in [9.17, 15) is 4.79 Å². The van der Waals surface area contributed by atoms with Gasteiger partial charge in [-0.05, 0) is 44.3 Å². The Morgan fingerprint density at radius 1 is 1.26 bits per heavy atom. The molecule has 1 saturated heterocycles. The van der Waals surface area contributed by atoms with E-state index in [2.05, 4.69) is 27.8 Å². The summed E-state index contributed by atoms with van der Waals surface area (Å²) in [6.07, 6.45) is 5.68. The lowest BCUT2D eigenvalue weighted by molar-refractivity contribution is 0.0687. The Hall–Kier alpha value is -2.25. The van der Waals surface area contributed by atoms with Crippen LogP contribution in [0.25, 0.3) is 0 Å². The average molecular weight is 371 g/mol. The van der Waals surface area contributed by atoms with Gasteiger partial charge in [0.05, 0.1) is 18.8 Å². The van der Waals surface area contributed by atoms with Crippen LogP contribution in [0, 0.1) is 0 Å². The van der Waals surface area contributed by atoms with Gasteiger partial charge in [0.25, 0.3) is 5.91 Å². The van der Waals surface area contributed by atoms with Gasteiger partial charge in [0.1, 0.15) is 0 Å². The number of amides is 1. The highest BCUT2D eigenvalue weighted by molar-refractivity contribution is 5.91. The van der Waals surface area contributed by atoms with Gasteiger partial charge in [-0.2, -0.15) is 0 Å². The summed E-state index contributed by atoms with van der Waals surface area (Å²) in [5, 5.41) is 11.7. The van der Waals surface area contributed by atoms with Crippen LogP contribution in [-0.2, 0) is 11.2 Å². The fourth-order valence-corrected chi connectivity index (χ4v) is 3.42. The third-order valence-corrected chi connectivity index (χ3v) is 5.00. The summed E-state index contributed by atoms with van der Waals surface area (Å²) in [6.45, 7) is 3.71. The second-order valence-corrected chi connectivity index (χ2v) is 6.94. The summed E-state index contributed by atoms with van der Waals surface area (Å²) in [5.41, 5.74) is 1.71. The maximum absolute atomic E-state index is 12.9. The fraction of sp³-hybridized carbons (Fsp3) is 0.550. The van der Waals surface area contributed by atoms with Gasteiger partial charge in [0.2, 0.25) is 0 Å². The molecule has 1 aromatic heterocycles. The smallest absolute Gasteiger partial charge is 0.276 e. The SMILES string of the molecule is COCCN(CCCc1ccccc1)C(=O)c1cn(C2CCNCC2)nn1. The lowest BCUT2D eigenvalue weighted by atomic mass is 10.1. The number of rotatable bonds is 9. The Balaban J connectivity index is 1.59. The van der Waals surface area contributed by atoms with Crippen LogP contribution in [0.4, 0.5) is 0 Å². The van der Waals surface area contributed by atoms with E-state index in [0.29, 0.717) is 31.4 Å². The van der Waals surface area contributed by atoms with Crippen molar-refractivity contribution in [2.45, 2.75) is 31.7 Å². The van der Waals surface area contributed by atoms with Gasteiger partial charge in [0, 0.05) is 20.2 Å². The summed E-state index contributed by atoms with van der Waals surface area (Å²) in [6, 6.07) is 10.7. The minimum absolute atomic E-state index is 0.0692. The normalized spacial score (nSPS) is 15.0. The summed E-state index contributed by atoms with van der Waals surface area (Å²) >= 11 is 0. The van der Waals surface area contributed by atoms with Crippen LogP contribution in [-0.4, -0.2) is 65.7 Å². The molecule has 3 rings (SSSR count). The second-order valence-electron chi connectivity index (χ2n) is 6.94. The molecule has 0 bridgehead atoms. The standard InChI is InChI=1S/C20H29N5O2/c1-27-15-14-24(13-5-8-17-6-3-2-4-7-17)20(26)19-16-25(23-22-19)18-9-11-21-12-10-18/h2-4,6-7,16,18,21H,5,8-15H2,1H3. The zero-order chi connectivity index (χ0) is 18.9. The van der Waals surface area contributed by atoms with E-state index >= 15 is 0 Å². The Bertz CT molecular complexity index is 697. The number of ether oxygens (including phenoxy) is 1. The fourth-order valence-electron chi connectivity index (χ4n) is 3.42. The van der Waals surface area contributed by atoms with Gasteiger partial charge in [-0.15, -0.1) is 5.10 Å². The number of carbonyl (C=O) groups is 1. The quantitative estimate of drug-likeness (QED) is 0.729. The summed E-state index contributed by atoms with van der Waals surface area (Å²) in [4.78, 5) is 14.8. The van der Waals surface area contributed by atoms with Crippen molar-refractivity contribution >= 4 is 5.91 Å². The molecule has 1 N–H and O–H groups in total. The minimum atomic E-state index is -0.0692. The van der Waals surface area contributed by atoms with Gasteiger partial charge in [-0.25, -0.2) is 4.68 Å². The van der Waals surface area contributed by atoms with Crippen LogP contribution in [0.15, 0.2) is 36.5 Å². The molecule has 1 fully saturated rings. The van der Waals surface area contributed by atoms with E-state index in [-0.39, 0.29) is 5.91 Å². The first-order valence-corrected chi connectivity index (χ1v) is 9.72. The van der Waals surface area contributed by atoms with E-state index in [0.717, 1.165) is 38.8 Å². The maximum Gasteiger partial charge on any atom is 0.276 e. The van der Waals surface area contributed by atoms with Crippen LogP contribution in [0.3, 0.4) is 0 Å². The number of hydrogen-bond acceptors (Lipinski definition) is 5. The highest BCUT2D eigenvalue weighted by atomic mass is 16.5. The molecule has 27 heavy (non-hydrogen) atoms. The molecule has 7 nitrogen and oxygen atoms in total. The summed E-state index contributed by atoms with van der Waals surface area (Å²) in [7, 11) is 1.65. The molecule has 0 radical (unpaired) electrons. The molecule has 0 unspecified atom stereocenters. The molecular weight excluding hydrogens is 342 g/mol. The van der Waals surface area contributed by atoms with Crippen molar-refractivity contribution in [3.63, 3.8) is 0 Å². The van der Waals surface area contributed by atoms with Crippen molar-refractivity contribution in [3.05, 3.63) is 47.8 Å². The summed E-state index contributed by atoms with van der Waals surface area (Å²) in [5.74, 6) is -0.0692. The van der Waals surface area contributed by atoms with Crippen LogP contribution in [0.2, 0.25) is 0 Å². The predicted octanol–water partition coefficient (Wildman–Crippen LogP) is 1.92. The number of methoxy groups -OCH3 is 1. The topological polar surface area (TPSA) is 72.3 Å². The third kappa shape index (κ3) is 5.61. The van der Waals surface area contributed by atoms with Crippen molar-refractivity contribution in [1.29, 1.82) is 0 Å². The first-order chi connectivity index (χ1) is 13.3. The molecule has 0 spiro atoms. The Morgan fingerprint density at radius 3 is 2.78 bits per heavy atom. The molecule has 1 aliphatic heterocycles. The Labute approximate surface area is 160 Å². The lowest BCUT2D eigenvalue weighted by Gasteiger charge is -2.22. The predicted molar refractivity (Wildman–Crippen MR) is 104 cm³/mol. The van der Waals surface area contributed by atoms with Crippen LogP contribution in [0.1, 0.15) is 41.4 Å². The number of aryl methyl sites for hydroxylation is 1. The van der Waals surface area contributed by atoms with E-state index in [4.69, 9.17) is 4.74 Å². The van der Waals surface area contributed by atoms with Gasteiger partial charge in [-0.3, -0.25) is 4.79 Å². The second kappa shape index (κ2) is 10.2. The van der Waals surface area contributed by atoms with E-state index in [1.165, 1.54) is 5.56 Å². The largest absolute Gasteiger partial charge is 0.383 e. The molecule has 0 aliphatic carbocycles. The van der Waals surface area contributed by atoms with Crippen molar-refractivity contribution in [2.75, 3.05) is 39.9 Å². The molecule has 146 valence electrons. The first-order valence-electron chi connectivity index (χ1n) is 9.72. The lowest BCUT2D eigenvalue weighted by Crippen LogP contribution is -2.35. The van der Waals surface area contributed by atoms with Gasteiger partial charge < -0.3 is 15.0 Å².